The molecule has 4 heterocycles. The molecule has 0 radical (unpaired) electrons. The highest BCUT2D eigenvalue weighted by molar-refractivity contribution is 7.91. The summed E-state index contributed by atoms with van der Waals surface area (Å²) in [5, 5.41) is 15.9. The normalized spacial score (nSPS) is 28.3. The SMILES string of the molecule is COc1ccc2c(O[C@@H]3C[C@H]4C(=O)N[C@]5(C(=O)NS(=O)(=O)C6CC6)C[C@H]5C=CCC[C@H](C)C[C@@H](C)[C@H](NC(=O)O)C(=O)N4C3)nc(-c3ccc4c(c3)OCCO4)cc2c1. The number of carbonyl (C=O) groups is 4. The molecule has 1 aromatic heterocycles. The van der Waals surface area contributed by atoms with Crippen molar-refractivity contribution >= 4 is 44.6 Å². The zero-order valence-electron chi connectivity index (χ0n) is 33.1. The molecule has 3 aromatic rings. The third-order valence-electron chi connectivity index (χ3n) is 12.0. The van der Waals surface area contributed by atoms with Crippen LogP contribution in [0.2, 0.25) is 0 Å². The number of benzene rings is 2. The standard InChI is InChI=1S/C42H49N5O11S/c1-23-6-4-5-7-27-21-42(27,40(50)46-59(53,54)30-10-11-30)45-37(48)33-20-29(22-47(33)39(49)36(24(2)16-23)44-41(51)52)58-38-31-12-9-28(55-3)17-26(31)18-32(43-38)25-8-13-34-35(19-25)57-15-14-56-34/h5,7-9,12-13,17-19,23-24,27,29-30,33,36,44H,4,6,10-11,14-16,20-22H2,1-3H3,(H,45,48)(H,46,50)(H,51,52)/t23-,24+,27+,29+,33-,36-,42+/m0/s1. The third kappa shape index (κ3) is 8.34. The van der Waals surface area contributed by atoms with E-state index in [9.17, 15) is 32.7 Å². The van der Waals surface area contributed by atoms with Crippen LogP contribution in [0.25, 0.3) is 22.0 Å². The van der Waals surface area contributed by atoms with Crippen LogP contribution in [-0.2, 0) is 24.4 Å². The van der Waals surface area contributed by atoms with Crippen molar-refractivity contribution in [3.05, 3.63) is 54.6 Å². The number of hydrogen-bond acceptors (Lipinski definition) is 11. The van der Waals surface area contributed by atoms with Crippen molar-refractivity contribution in [2.24, 2.45) is 17.8 Å². The van der Waals surface area contributed by atoms with Gasteiger partial charge in [-0.25, -0.2) is 18.2 Å². The summed E-state index contributed by atoms with van der Waals surface area (Å²) in [6, 6.07) is 10.4. The van der Waals surface area contributed by atoms with Crippen molar-refractivity contribution in [2.45, 2.75) is 87.8 Å². The fourth-order valence-electron chi connectivity index (χ4n) is 8.56. The molecule has 17 heteroatoms. The number of allylic oxidation sites excluding steroid dienone is 1. The monoisotopic (exact) mass is 831 g/mol. The second-order valence-corrected chi connectivity index (χ2v) is 18.4. The van der Waals surface area contributed by atoms with E-state index in [1.165, 1.54) is 4.90 Å². The molecular formula is C42H49N5O11S. The minimum Gasteiger partial charge on any atom is -0.497 e. The number of ether oxygens (including phenoxy) is 4. The van der Waals surface area contributed by atoms with Gasteiger partial charge >= 0.3 is 6.09 Å². The lowest BCUT2D eigenvalue weighted by Gasteiger charge is -2.32. The van der Waals surface area contributed by atoms with Crippen LogP contribution >= 0.6 is 0 Å². The van der Waals surface area contributed by atoms with E-state index in [1.54, 1.807) is 13.2 Å². The lowest BCUT2D eigenvalue weighted by atomic mass is 9.88. The maximum absolute atomic E-state index is 14.6. The van der Waals surface area contributed by atoms with E-state index in [0.717, 1.165) is 17.4 Å². The van der Waals surface area contributed by atoms with Crippen molar-refractivity contribution in [1.82, 2.24) is 25.2 Å². The van der Waals surface area contributed by atoms with Gasteiger partial charge in [0.05, 0.1) is 24.6 Å². The van der Waals surface area contributed by atoms with E-state index in [2.05, 4.69) is 15.4 Å². The number of pyridine rings is 1. The lowest BCUT2D eigenvalue weighted by Crippen LogP contribution is -2.59. The highest BCUT2D eigenvalue weighted by atomic mass is 32.2. The first-order valence-electron chi connectivity index (χ1n) is 20.1. The Kier molecular flexibility index (Phi) is 10.8. The second kappa shape index (κ2) is 15.9. The Morgan fingerprint density at radius 3 is 2.54 bits per heavy atom. The fraction of sp³-hybridized carbons (Fsp3) is 0.500. The van der Waals surface area contributed by atoms with Gasteiger partial charge in [0.2, 0.25) is 27.7 Å². The van der Waals surface area contributed by atoms with E-state index in [4.69, 9.17) is 23.9 Å². The number of carboxylic acid groups (broad SMARTS) is 1. The highest BCUT2D eigenvalue weighted by Gasteiger charge is 2.62. The first-order valence-corrected chi connectivity index (χ1v) is 21.7. The van der Waals surface area contributed by atoms with Crippen molar-refractivity contribution < 1.29 is 51.6 Å². The minimum atomic E-state index is -3.93. The van der Waals surface area contributed by atoms with Gasteiger partial charge < -0.3 is 39.6 Å². The summed E-state index contributed by atoms with van der Waals surface area (Å²) in [6.07, 6.45) is 4.51. The van der Waals surface area contributed by atoms with Gasteiger partial charge in [-0.15, -0.1) is 0 Å². The fourth-order valence-corrected chi connectivity index (χ4v) is 9.92. The number of rotatable bonds is 8. The summed E-state index contributed by atoms with van der Waals surface area (Å²) < 4.78 is 51.8. The van der Waals surface area contributed by atoms with Crippen molar-refractivity contribution in [3.8, 4) is 34.4 Å². The van der Waals surface area contributed by atoms with Crippen LogP contribution in [0.1, 0.15) is 58.8 Å². The molecule has 5 aliphatic rings. The maximum Gasteiger partial charge on any atom is 0.405 e. The zero-order valence-corrected chi connectivity index (χ0v) is 34.0. The third-order valence-corrected chi connectivity index (χ3v) is 13.8. The van der Waals surface area contributed by atoms with E-state index in [1.807, 2.05) is 62.4 Å². The van der Waals surface area contributed by atoms with Crippen molar-refractivity contribution in [1.29, 1.82) is 0 Å². The van der Waals surface area contributed by atoms with Gasteiger partial charge in [0.25, 0.3) is 5.91 Å². The topological polar surface area (TPSA) is 212 Å². The molecule has 2 aliphatic carbocycles. The number of aromatic nitrogens is 1. The number of sulfonamides is 1. The number of nitrogens with zero attached hydrogens (tertiary/aromatic N) is 2. The average molecular weight is 832 g/mol. The molecule has 4 amide bonds. The molecule has 0 bridgehead atoms. The van der Waals surface area contributed by atoms with Crippen LogP contribution in [0.15, 0.2) is 54.6 Å². The molecule has 1 saturated heterocycles. The summed E-state index contributed by atoms with van der Waals surface area (Å²) in [5.41, 5.74) is -0.283. The number of nitrogens with one attached hydrogen (secondary N) is 3. The molecule has 0 spiro atoms. The molecule has 8 rings (SSSR count). The average Bonchev–Trinajstić information content (AvgIpc) is 4.14. The predicted octanol–water partition coefficient (Wildman–Crippen LogP) is 4.16. The summed E-state index contributed by atoms with van der Waals surface area (Å²) in [4.78, 5) is 61.4. The summed E-state index contributed by atoms with van der Waals surface area (Å²) >= 11 is 0. The number of amides is 4. The molecule has 2 saturated carbocycles. The molecule has 0 unspecified atom stereocenters. The molecular weight excluding hydrogens is 783 g/mol. The minimum absolute atomic E-state index is 0.0334. The maximum atomic E-state index is 14.6. The van der Waals surface area contributed by atoms with Crippen LogP contribution in [0, 0.1) is 17.8 Å². The van der Waals surface area contributed by atoms with Crippen LogP contribution in [0.5, 0.6) is 23.1 Å². The molecule has 59 heavy (non-hydrogen) atoms. The predicted molar refractivity (Wildman–Crippen MR) is 215 cm³/mol. The first kappa shape index (κ1) is 40.2. The van der Waals surface area contributed by atoms with Crippen molar-refractivity contribution in [2.75, 3.05) is 26.9 Å². The van der Waals surface area contributed by atoms with Crippen LogP contribution in [0.3, 0.4) is 0 Å². The first-order chi connectivity index (χ1) is 28.2. The molecule has 3 fully saturated rings. The Balaban J connectivity index is 1.15. The smallest absolute Gasteiger partial charge is 0.405 e. The van der Waals surface area contributed by atoms with E-state index >= 15 is 0 Å². The van der Waals surface area contributed by atoms with E-state index in [-0.39, 0.29) is 31.2 Å². The number of fused-ring (bicyclic) bond motifs is 4. The Morgan fingerprint density at radius 2 is 1.80 bits per heavy atom. The quantitative estimate of drug-likeness (QED) is 0.236. The second-order valence-electron chi connectivity index (χ2n) is 16.4. The molecule has 2 aromatic carbocycles. The molecule has 314 valence electrons. The van der Waals surface area contributed by atoms with Gasteiger partial charge in [-0.3, -0.25) is 19.1 Å². The summed E-state index contributed by atoms with van der Waals surface area (Å²) in [6.45, 7) is 4.58. The molecule has 4 N–H and O–H groups in total. The van der Waals surface area contributed by atoms with Gasteiger partial charge in [0.15, 0.2) is 11.5 Å². The Labute approximate surface area is 342 Å². The summed E-state index contributed by atoms with van der Waals surface area (Å²) in [7, 11) is -2.37. The van der Waals surface area contributed by atoms with Gasteiger partial charge in [-0.2, -0.15) is 0 Å². The molecule has 16 nitrogen and oxygen atoms in total. The molecule has 3 aliphatic heterocycles. The Hall–Kier alpha value is -5.58. The zero-order chi connectivity index (χ0) is 41.6. The largest absolute Gasteiger partial charge is 0.497 e. The van der Waals surface area contributed by atoms with E-state index < -0.39 is 74.7 Å². The highest BCUT2D eigenvalue weighted by Crippen LogP contribution is 2.46. The summed E-state index contributed by atoms with van der Waals surface area (Å²) in [5.74, 6) is -0.901. The number of hydrogen-bond donors (Lipinski definition) is 4. The van der Waals surface area contributed by atoms with Crippen LogP contribution in [0.4, 0.5) is 4.79 Å². The van der Waals surface area contributed by atoms with Gasteiger partial charge in [0, 0.05) is 23.3 Å². The van der Waals surface area contributed by atoms with Crippen molar-refractivity contribution in [3.63, 3.8) is 0 Å². The Morgan fingerprint density at radius 1 is 1.02 bits per heavy atom. The number of carbonyl (C=O) groups excluding carboxylic acids is 3. The van der Waals surface area contributed by atoms with Gasteiger partial charge in [-0.05, 0) is 98.2 Å². The Bertz CT molecular complexity index is 2320. The van der Waals surface area contributed by atoms with E-state index in [0.29, 0.717) is 67.2 Å². The molecule has 7 atom stereocenters. The number of methoxy groups -OCH3 is 1. The van der Waals surface area contributed by atoms with Crippen LogP contribution in [-0.4, -0.2) is 103 Å². The lowest BCUT2D eigenvalue weighted by molar-refractivity contribution is -0.142. The van der Waals surface area contributed by atoms with Gasteiger partial charge in [0.1, 0.15) is 42.7 Å². The van der Waals surface area contributed by atoms with Crippen LogP contribution < -0.4 is 34.3 Å². The van der Waals surface area contributed by atoms with Gasteiger partial charge in [-0.1, -0.05) is 26.0 Å².